The maximum Gasteiger partial charge on any atom is 0.306 e. The Labute approximate surface area is 186 Å². The molecule has 0 saturated carbocycles. The molecule has 31 heavy (non-hydrogen) atoms. The van der Waals surface area contributed by atoms with E-state index in [9.17, 15) is 4.79 Å². The molecule has 5 nitrogen and oxygen atoms in total. The van der Waals surface area contributed by atoms with Crippen molar-refractivity contribution in [2.24, 2.45) is 5.92 Å². The van der Waals surface area contributed by atoms with E-state index in [1.165, 1.54) is 36.9 Å². The number of fused-ring (bicyclic) bond motifs is 1. The highest BCUT2D eigenvalue weighted by Crippen LogP contribution is 2.25. The Morgan fingerprint density at radius 2 is 1.97 bits per heavy atom. The van der Waals surface area contributed by atoms with E-state index < -0.39 is 5.97 Å². The fourth-order valence-corrected chi connectivity index (χ4v) is 4.02. The lowest BCUT2D eigenvalue weighted by molar-refractivity contribution is -0.141. The average molecular weight is 425 g/mol. The SMILES string of the molecule is CC(CCCC=C(CNCCN1CCCC1)COc1cccc2ccccc12)C(=O)O. The van der Waals surface area contributed by atoms with Crippen LogP contribution in [0.1, 0.15) is 39.0 Å². The molecule has 2 N–H and O–H groups in total. The highest BCUT2D eigenvalue weighted by Gasteiger charge is 2.11. The Hall–Kier alpha value is -2.37. The predicted molar refractivity (Wildman–Crippen MR) is 127 cm³/mol. The molecule has 168 valence electrons. The lowest BCUT2D eigenvalue weighted by Gasteiger charge is -2.16. The molecule has 1 fully saturated rings. The average Bonchev–Trinajstić information content (AvgIpc) is 3.30. The number of carbonyl (C=O) groups is 1. The van der Waals surface area contributed by atoms with Gasteiger partial charge in [0.1, 0.15) is 12.4 Å². The number of unbranched alkanes of at least 4 members (excludes halogenated alkanes) is 1. The highest BCUT2D eigenvalue weighted by molar-refractivity contribution is 5.88. The summed E-state index contributed by atoms with van der Waals surface area (Å²) in [7, 11) is 0. The van der Waals surface area contributed by atoms with Crippen molar-refractivity contribution in [1.82, 2.24) is 10.2 Å². The third kappa shape index (κ3) is 7.67. The number of ether oxygens (including phenoxy) is 1. The van der Waals surface area contributed by atoms with E-state index in [0.717, 1.165) is 43.6 Å². The van der Waals surface area contributed by atoms with Crippen molar-refractivity contribution >= 4 is 16.7 Å². The minimum atomic E-state index is -0.716. The van der Waals surface area contributed by atoms with E-state index in [4.69, 9.17) is 9.84 Å². The summed E-state index contributed by atoms with van der Waals surface area (Å²) in [5, 5.41) is 14.9. The molecular weight excluding hydrogens is 388 g/mol. The number of allylic oxidation sites excluding steroid dienone is 1. The normalized spacial score (nSPS) is 16.0. The summed E-state index contributed by atoms with van der Waals surface area (Å²) in [4.78, 5) is 13.5. The molecule has 0 bridgehead atoms. The Kier molecular flexibility index (Phi) is 9.38. The summed E-state index contributed by atoms with van der Waals surface area (Å²) in [5.74, 6) is -0.102. The number of hydrogen-bond acceptors (Lipinski definition) is 4. The van der Waals surface area contributed by atoms with Crippen molar-refractivity contribution in [2.75, 3.05) is 39.3 Å². The number of carboxylic acid groups (broad SMARTS) is 1. The maximum atomic E-state index is 11.0. The third-order valence-corrected chi connectivity index (χ3v) is 6.01. The second kappa shape index (κ2) is 12.5. The molecule has 1 atom stereocenters. The van der Waals surface area contributed by atoms with Gasteiger partial charge >= 0.3 is 5.97 Å². The van der Waals surface area contributed by atoms with Gasteiger partial charge in [-0.3, -0.25) is 4.79 Å². The van der Waals surface area contributed by atoms with Crippen molar-refractivity contribution in [3.63, 3.8) is 0 Å². The van der Waals surface area contributed by atoms with Gasteiger partial charge < -0.3 is 20.1 Å². The summed E-state index contributed by atoms with van der Waals surface area (Å²) in [6.07, 6.45) is 7.31. The summed E-state index contributed by atoms with van der Waals surface area (Å²) in [6.45, 7) is 7.62. The standard InChI is InChI=1S/C26H36N2O3/c1-21(26(29)30)9-2-3-10-22(19-27-15-18-28-16-6-7-17-28)20-31-25-14-8-12-23-11-4-5-13-24(23)25/h4-5,8,10-14,21,27H,2-3,6-7,9,15-20H2,1H3,(H,29,30). The Morgan fingerprint density at radius 3 is 2.77 bits per heavy atom. The van der Waals surface area contributed by atoms with Gasteiger partial charge in [0.25, 0.3) is 0 Å². The number of hydrogen-bond donors (Lipinski definition) is 2. The highest BCUT2D eigenvalue weighted by atomic mass is 16.5. The molecule has 0 spiro atoms. The third-order valence-electron chi connectivity index (χ3n) is 6.01. The first-order chi connectivity index (χ1) is 15.1. The van der Waals surface area contributed by atoms with E-state index in [-0.39, 0.29) is 5.92 Å². The van der Waals surface area contributed by atoms with Crippen LogP contribution in [0.4, 0.5) is 0 Å². The Balaban J connectivity index is 1.54. The van der Waals surface area contributed by atoms with Crippen LogP contribution in [0.2, 0.25) is 0 Å². The summed E-state index contributed by atoms with van der Waals surface area (Å²) in [6, 6.07) is 14.4. The van der Waals surface area contributed by atoms with Crippen molar-refractivity contribution in [2.45, 2.75) is 39.0 Å². The van der Waals surface area contributed by atoms with Crippen molar-refractivity contribution in [1.29, 1.82) is 0 Å². The van der Waals surface area contributed by atoms with Crippen LogP contribution in [0.15, 0.2) is 54.1 Å². The zero-order chi connectivity index (χ0) is 21.9. The number of benzene rings is 2. The first-order valence-electron chi connectivity index (χ1n) is 11.6. The fraction of sp³-hybridized carbons (Fsp3) is 0.500. The molecule has 1 saturated heterocycles. The van der Waals surface area contributed by atoms with E-state index in [1.807, 2.05) is 24.3 Å². The van der Waals surface area contributed by atoms with E-state index in [2.05, 4.69) is 34.5 Å². The van der Waals surface area contributed by atoms with Gasteiger partial charge in [-0.15, -0.1) is 0 Å². The van der Waals surface area contributed by atoms with Gasteiger partial charge in [0.15, 0.2) is 0 Å². The van der Waals surface area contributed by atoms with Crippen molar-refractivity contribution in [3.05, 3.63) is 54.1 Å². The van der Waals surface area contributed by atoms with Gasteiger partial charge in [0.05, 0.1) is 5.92 Å². The zero-order valence-electron chi connectivity index (χ0n) is 18.7. The molecule has 3 rings (SSSR count). The smallest absolute Gasteiger partial charge is 0.306 e. The van der Waals surface area contributed by atoms with Gasteiger partial charge in [-0.2, -0.15) is 0 Å². The van der Waals surface area contributed by atoms with Crippen LogP contribution in [0.25, 0.3) is 10.8 Å². The molecule has 0 aliphatic carbocycles. The molecule has 1 unspecified atom stereocenters. The molecule has 0 amide bonds. The predicted octanol–water partition coefficient (Wildman–Crippen LogP) is 4.72. The zero-order valence-corrected chi connectivity index (χ0v) is 18.7. The van der Waals surface area contributed by atoms with Crippen LogP contribution in [0.5, 0.6) is 5.75 Å². The minimum Gasteiger partial charge on any atom is -0.489 e. The lowest BCUT2D eigenvalue weighted by Crippen LogP contribution is -2.31. The van der Waals surface area contributed by atoms with Gasteiger partial charge in [-0.05, 0) is 62.2 Å². The first-order valence-corrected chi connectivity index (χ1v) is 11.6. The van der Waals surface area contributed by atoms with Gasteiger partial charge in [0, 0.05) is 25.0 Å². The quantitative estimate of drug-likeness (QED) is 0.360. The summed E-state index contributed by atoms with van der Waals surface area (Å²) in [5.41, 5.74) is 1.22. The second-order valence-electron chi connectivity index (χ2n) is 8.52. The van der Waals surface area contributed by atoms with Crippen LogP contribution in [-0.4, -0.2) is 55.3 Å². The Morgan fingerprint density at radius 1 is 1.19 bits per heavy atom. The van der Waals surface area contributed by atoms with Crippen molar-refractivity contribution in [3.8, 4) is 5.75 Å². The van der Waals surface area contributed by atoms with Crippen LogP contribution in [0, 0.1) is 5.92 Å². The molecule has 0 radical (unpaired) electrons. The van der Waals surface area contributed by atoms with E-state index in [0.29, 0.717) is 13.0 Å². The number of aliphatic carboxylic acids is 1. The molecule has 1 aliphatic heterocycles. The molecule has 1 aliphatic rings. The summed E-state index contributed by atoms with van der Waals surface area (Å²) < 4.78 is 6.22. The van der Waals surface area contributed by atoms with Crippen molar-refractivity contribution < 1.29 is 14.6 Å². The summed E-state index contributed by atoms with van der Waals surface area (Å²) >= 11 is 0. The fourth-order valence-electron chi connectivity index (χ4n) is 4.02. The number of rotatable bonds is 13. The van der Waals surface area contributed by atoms with Crippen LogP contribution < -0.4 is 10.1 Å². The number of nitrogens with one attached hydrogen (secondary N) is 1. The van der Waals surface area contributed by atoms with Gasteiger partial charge in [0.2, 0.25) is 0 Å². The number of nitrogens with zero attached hydrogens (tertiary/aromatic N) is 1. The van der Waals surface area contributed by atoms with E-state index in [1.54, 1.807) is 6.92 Å². The second-order valence-corrected chi connectivity index (χ2v) is 8.52. The molecule has 2 aromatic rings. The van der Waals surface area contributed by atoms with Crippen LogP contribution in [-0.2, 0) is 4.79 Å². The van der Waals surface area contributed by atoms with Gasteiger partial charge in [-0.25, -0.2) is 0 Å². The topological polar surface area (TPSA) is 61.8 Å². The molecule has 0 aromatic heterocycles. The Bertz CT molecular complexity index is 853. The largest absolute Gasteiger partial charge is 0.489 e. The first kappa shape index (κ1) is 23.3. The van der Waals surface area contributed by atoms with E-state index >= 15 is 0 Å². The van der Waals surface area contributed by atoms with Crippen LogP contribution in [0.3, 0.4) is 0 Å². The lowest BCUT2D eigenvalue weighted by atomic mass is 10.0. The number of carboxylic acids is 1. The minimum absolute atomic E-state index is 0.289. The molecule has 2 aromatic carbocycles. The maximum absolute atomic E-state index is 11.0. The van der Waals surface area contributed by atoms with Crippen LogP contribution >= 0.6 is 0 Å². The number of likely N-dealkylation sites (tertiary alicyclic amines) is 1. The molecule has 1 heterocycles. The molecular formula is C26H36N2O3. The molecule has 5 heteroatoms. The van der Waals surface area contributed by atoms with Gasteiger partial charge in [-0.1, -0.05) is 49.4 Å². The monoisotopic (exact) mass is 424 g/mol.